The van der Waals surface area contributed by atoms with Crippen molar-refractivity contribution in [2.75, 3.05) is 0 Å². The molecule has 0 unspecified atom stereocenters. The van der Waals surface area contributed by atoms with Gasteiger partial charge < -0.3 is 9.73 Å². The first-order valence-electron chi connectivity index (χ1n) is 12.0. The Hall–Kier alpha value is -4.93. The number of rotatable bonds is 6. The number of nitrogens with zero attached hydrogens (tertiary/aromatic N) is 2. The summed E-state index contributed by atoms with van der Waals surface area (Å²) in [6.07, 6.45) is 1.64. The van der Waals surface area contributed by atoms with Crippen LogP contribution in [0.25, 0.3) is 28.7 Å². The summed E-state index contributed by atoms with van der Waals surface area (Å²) in [6.45, 7) is 1.85. The van der Waals surface area contributed by atoms with E-state index in [-0.39, 0.29) is 21.8 Å². The van der Waals surface area contributed by atoms with Gasteiger partial charge in [-0.2, -0.15) is 5.26 Å². The summed E-state index contributed by atoms with van der Waals surface area (Å²) in [4.78, 5) is 26.9. The Kier molecular flexibility index (Phi) is 7.16. The molecule has 0 saturated carbocycles. The molecule has 0 aliphatic carbocycles. The lowest BCUT2D eigenvalue weighted by Crippen LogP contribution is -2.34. The number of carbonyl (C=O) groups is 1. The minimum atomic E-state index is -0.550. The lowest BCUT2D eigenvalue weighted by atomic mass is 10.1. The lowest BCUT2D eigenvalue weighted by molar-refractivity contribution is -0.116. The maximum absolute atomic E-state index is 13.6. The Labute approximate surface area is 223 Å². The summed E-state index contributed by atoms with van der Waals surface area (Å²) in [5.74, 6) is 0.621. The summed E-state index contributed by atoms with van der Waals surface area (Å²) in [7, 11) is 0. The van der Waals surface area contributed by atoms with Crippen molar-refractivity contribution in [2.45, 2.75) is 13.0 Å². The van der Waals surface area contributed by atoms with E-state index in [1.807, 2.05) is 85.8 Å². The van der Waals surface area contributed by atoms with Crippen LogP contribution in [0.3, 0.4) is 0 Å². The van der Waals surface area contributed by atoms with Crippen molar-refractivity contribution in [2.24, 2.45) is 0 Å². The smallest absolute Gasteiger partial charge is 0.273 e. The Bertz CT molecular complexity index is 1800. The monoisotopic (exact) mass is 517 g/mol. The molecule has 38 heavy (non-hydrogen) atoms. The molecule has 7 heteroatoms. The third-order valence-electron chi connectivity index (χ3n) is 6.00. The van der Waals surface area contributed by atoms with E-state index in [9.17, 15) is 14.9 Å². The molecule has 0 aliphatic heterocycles. The van der Waals surface area contributed by atoms with E-state index in [4.69, 9.17) is 4.42 Å². The SMILES string of the molecule is C[C@H](NC(=O)/C(C#N)=c1\s/c(=C/c2ccc(-c3ccccc3)o2)c(=O)n1-c1ccccc1)c1ccccc1. The summed E-state index contributed by atoms with van der Waals surface area (Å²) < 4.78 is 7.97. The van der Waals surface area contributed by atoms with Gasteiger partial charge in [-0.15, -0.1) is 11.3 Å². The number of carbonyl (C=O) groups excluding carboxylic acids is 1. The van der Waals surface area contributed by atoms with Gasteiger partial charge in [0.1, 0.15) is 22.3 Å². The van der Waals surface area contributed by atoms with E-state index in [0.717, 1.165) is 22.5 Å². The highest BCUT2D eigenvalue weighted by atomic mass is 32.1. The first-order chi connectivity index (χ1) is 18.5. The van der Waals surface area contributed by atoms with Crippen LogP contribution in [0.4, 0.5) is 0 Å². The standard InChI is InChI=1S/C31H23N3O3S/c1-21(22-11-5-2-6-12-22)33-29(35)26(20-32)31-34(24-15-9-4-10-16-24)30(36)28(38-31)19-25-17-18-27(37-25)23-13-7-3-8-14-23/h2-19,21H,1H3,(H,33,35)/b28-19+,31-26-/t21-/m0/s1. The van der Waals surface area contributed by atoms with Crippen molar-refractivity contribution in [3.05, 3.63) is 134 Å². The third kappa shape index (κ3) is 5.12. The zero-order valence-electron chi connectivity index (χ0n) is 20.5. The van der Waals surface area contributed by atoms with E-state index in [1.165, 1.54) is 4.57 Å². The van der Waals surface area contributed by atoms with Crippen molar-refractivity contribution in [1.29, 1.82) is 5.26 Å². The second kappa shape index (κ2) is 11.0. The highest BCUT2D eigenvalue weighted by molar-refractivity contribution is 7.07. The molecular formula is C31H23N3O3S. The molecule has 6 nitrogen and oxygen atoms in total. The molecule has 5 rings (SSSR count). The van der Waals surface area contributed by atoms with Crippen LogP contribution < -0.4 is 20.1 Å². The van der Waals surface area contributed by atoms with Crippen LogP contribution in [0, 0.1) is 11.3 Å². The maximum atomic E-state index is 13.6. The molecule has 0 saturated heterocycles. The fourth-order valence-corrected chi connectivity index (χ4v) is 5.15. The number of hydrogen-bond acceptors (Lipinski definition) is 5. The molecule has 0 fully saturated rings. The van der Waals surface area contributed by atoms with Crippen LogP contribution in [0.15, 0.2) is 112 Å². The normalized spacial score (nSPS) is 13.0. The van der Waals surface area contributed by atoms with Gasteiger partial charge in [-0.1, -0.05) is 78.9 Å². The van der Waals surface area contributed by atoms with Crippen molar-refractivity contribution in [1.82, 2.24) is 9.88 Å². The van der Waals surface area contributed by atoms with Crippen molar-refractivity contribution >= 4 is 28.9 Å². The fourth-order valence-electron chi connectivity index (χ4n) is 4.07. The molecular weight excluding hydrogens is 494 g/mol. The molecule has 0 spiro atoms. The number of nitriles is 1. The van der Waals surface area contributed by atoms with Gasteiger partial charge in [-0.05, 0) is 36.8 Å². The number of hydrogen-bond donors (Lipinski definition) is 1. The van der Waals surface area contributed by atoms with Crippen LogP contribution in [-0.4, -0.2) is 10.5 Å². The predicted octanol–water partition coefficient (Wildman–Crippen LogP) is 4.54. The van der Waals surface area contributed by atoms with E-state index >= 15 is 0 Å². The van der Waals surface area contributed by atoms with Crippen molar-refractivity contribution in [3.8, 4) is 23.1 Å². The second-order valence-corrected chi connectivity index (χ2v) is 9.58. The van der Waals surface area contributed by atoms with E-state index < -0.39 is 5.91 Å². The Morgan fingerprint density at radius 1 is 0.947 bits per heavy atom. The van der Waals surface area contributed by atoms with Crippen LogP contribution >= 0.6 is 11.3 Å². The van der Waals surface area contributed by atoms with Crippen molar-refractivity contribution in [3.63, 3.8) is 0 Å². The fraction of sp³-hybridized carbons (Fsp3) is 0.0645. The average molecular weight is 518 g/mol. The summed E-state index contributed by atoms with van der Waals surface area (Å²) in [5.41, 5.74) is 1.91. The first-order valence-corrected chi connectivity index (χ1v) is 12.8. The second-order valence-electron chi connectivity index (χ2n) is 8.55. The predicted molar refractivity (Wildman–Crippen MR) is 149 cm³/mol. The molecule has 3 aromatic carbocycles. The zero-order chi connectivity index (χ0) is 26.5. The number of furan rings is 1. The molecule has 0 bridgehead atoms. The first kappa shape index (κ1) is 24.8. The number of para-hydroxylation sites is 1. The van der Waals surface area contributed by atoms with Gasteiger partial charge >= 0.3 is 0 Å². The number of nitrogens with one attached hydrogen (secondary N) is 1. The maximum Gasteiger partial charge on any atom is 0.273 e. The largest absolute Gasteiger partial charge is 0.457 e. The number of aromatic nitrogens is 1. The molecule has 1 atom stereocenters. The third-order valence-corrected chi connectivity index (χ3v) is 7.09. The number of benzene rings is 3. The van der Waals surface area contributed by atoms with Crippen LogP contribution in [0.5, 0.6) is 0 Å². The van der Waals surface area contributed by atoms with E-state index in [0.29, 0.717) is 21.7 Å². The average Bonchev–Trinajstić information content (AvgIpc) is 3.55. The topological polar surface area (TPSA) is 88.0 Å². The molecule has 1 N–H and O–H groups in total. The quantitative estimate of drug-likeness (QED) is 0.358. The molecule has 2 heterocycles. The molecule has 0 aliphatic rings. The zero-order valence-corrected chi connectivity index (χ0v) is 21.3. The summed E-state index contributed by atoms with van der Waals surface area (Å²) in [6, 6.07) is 33.5. The summed E-state index contributed by atoms with van der Waals surface area (Å²) >= 11 is 1.08. The molecule has 5 aromatic rings. The number of amides is 1. The molecule has 186 valence electrons. The van der Waals surface area contributed by atoms with E-state index in [2.05, 4.69) is 5.32 Å². The van der Waals surface area contributed by atoms with Gasteiger partial charge in [0.05, 0.1) is 16.3 Å². The van der Waals surface area contributed by atoms with Crippen LogP contribution in [0.2, 0.25) is 0 Å². The Balaban J connectivity index is 1.63. The van der Waals surface area contributed by atoms with Crippen LogP contribution in [0.1, 0.15) is 24.3 Å². The minimum Gasteiger partial charge on any atom is -0.457 e. The van der Waals surface area contributed by atoms with Gasteiger partial charge in [0.25, 0.3) is 11.5 Å². The lowest BCUT2D eigenvalue weighted by Gasteiger charge is -2.13. The number of thiazole rings is 1. The molecule has 0 radical (unpaired) electrons. The van der Waals surface area contributed by atoms with Gasteiger partial charge in [0.15, 0.2) is 5.57 Å². The Morgan fingerprint density at radius 3 is 2.24 bits per heavy atom. The van der Waals surface area contributed by atoms with Crippen molar-refractivity contribution < 1.29 is 9.21 Å². The van der Waals surface area contributed by atoms with Gasteiger partial charge in [0, 0.05) is 11.6 Å². The minimum absolute atomic E-state index is 0.136. The molecule has 2 aromatic heterocycles. The highest BCUT2D eigenvalue weighted by Gasteiger charge is 2.19. The van der Waals surface area contributed by atoms with E-state index in [1.54, 1.807) is 36.4 Å². The highest BCUT2D eigenvalue weighted by Crippen LogP contribution is 2.22. The van der Waals surface area contributed by atoms with Gasteiger partial charge in [-0.3, -0.25) is 14.2 Å². The van der Waals surface area contributed by atoms with Crippen LogP contribution in [-0.2, 0) is 4.79 Å². The Morgan fingerprint density at radius 2 is 1.58 bits per heavy atom. The molecule has 1 amide bonds. The van der Waals surface area contributed by atoms with Gasteiger partial charge in [-0.25, -0.2) is 0 Å². The summed E-state index contributed by atoms with van der Waals surface area (Å²) in [5, 5.41) is 12.9. The van der Waals surface area contributed by atoms with Gasteiger partial charge in [0.2, 0.25) is 0 Å².